The number of ether oxygens (including phenoxy) is 1. The van der Waals surface area contributed by atoms with E-state index in [-0.39, 0.29) is 11.6 Å². The topological polar surface area (TPSA) is 107 Å². The standard InChI is InChI=1S/C10H10N4O2/c11-6-2-1-3-7(4-6)16-10-8(12)9(15)13-5-14-10/h1-5H,11-12H2,(H,13,14,15). The summed E-state index contributed by atoms with van der Waals surface area (Å²) >= 11 is 0. The third-order valence-corrected chi connectivity index (χ3v) is 1.93. The number of anilines is 2. The first-order chi connectivity index (χ1) is 7.66. The quantitative estimate of drug-likeness (QED) is 0.644. The van der Waals surface area contributed by atoms with E-state index in [9.17, 15) is 4.79 Å². The lowest BCUT2D eigenvalue weighted by Gasteiger charge is -2.06. The second kappa shape index (κ2) is 3.93. The van der Waals surface area contributed by atoms with Gasteiger partial charge in [0.2, 0.25) is 5.88 Å². The van der Waals surface area contributed by atoms with Crippen molar-refractivity contribution in [1.29, 1.82) is 0 Å². The Morgan fingerprint density at radius 2 is 2.12 bits per heavy atom. The summed E-state index contributed by atoms with van der Waals surface area (Å²) in [5.41, 5.74) is 11.1. The average molecular weight is 218 g/mol. The smallest absolute Gasteiger partial charge is 0.277 e. The van der Waals surface area contributed by atoms with Crippen LogP contribution >= 0.6 is 0 Å². The van der Waals surface area contributed by atoms with Gasteiger partial charge in [0.05, 0.1) is 6.33 Å². The molecule has 0 saturated carbocycles. The molecule has 0 aliphatic carbocycles. The molecule has 2 rings (SSSR count). The molecule has 82 valence electrons. The van der Waals surface area contributed by atoms with E-state index in [2.05, 4.69) is 9.97 Å². The molecule has 0 saturated heterocycles. The average Bonchev–Trinajstić information content (AvgIpc) is 2.25. The predicted molar refractivity (Wildman–Crippen MR) is 60.2 cm³/mol. The Kier molecular flexibility index (Phi) is 2.47. The molecule has 1 aromatic carbocycles. The lowest BCUT2D eigenvalue weighted by atomic mass is 10.3. The monoisotopic (exact) mass is 218 g/mol. The van der Waals surface area contributed by atoms with Crippen LogP contribution in [0.4, 0.5) is 11.4 Å². The zero-order valence-electron chi connectivity index (χ0n) is 8.31. The molecular weight excluding hydrogens is 208 g/mol. The molecule has 6 heteroatoms. The first-order valence-electron chi connectivity index (χ1n) is 4.53. The summed E-state index contributed by atoms with van der Waals surface area (Å²) in [6.45, 7) is 0. The third kappa shape index (κ3) is 1.95. The van der Waals surface area contributed by atoms with Crippen LogP contribution in [0.1, 0.15) is 0 Å². The summed E-state index contributed by atoms with van der Waals surface area (Å²) in [5.74, 6) is 0.541. The van der Waals surface area contributed by atoms with E-state index in [0.29, 0.717) is 11.4 Å². The fourth-order valence-corrected chi connectivity index (χ4v) is 1.16. The molecule has 0 radical (unpaired) electrons. The normalized spacial score (nSPS) is 10.0. The van der Waals surface area contributed by atoms with Gasteiger partial charge in [-0.05, 0) is 12.1 Å². The SMILES string of the molecule is Nc1cccc(Oc2nc[nH]c(=O)c2N)c1. The number of nitrogens with two attached hydrogens (primary N) is 2. The van der Waals surface area contributed by atoms with Crippen molar-refractivity contribution in [2.75, 3.05) is 11.5 Å². The van der Waals surface area contributed by atoms with Gasteiger partial charge < -0.3 is 21.2 Å². The zero-order chi connectivity index (χ0) is 11.5. The van der Waals surface area contributed by atoms with Crippen LogP contribution in [0.15, 0.2) is 35.4 Å². The fourth-order valence-electron chi connectivity index (χ4n) is 1.16. The van der Waals surface area contributed by atoms with Crippen molar-refractivity contribution in [3.63, 3.8) is 0 Å². The highest BCUT2D eigenvalue weighted by Crippen LogP contribution is 2.23. The van der Waals surface area contributed by atoms with Crippen LogP contribution < -0.4 is 21.8 Å². The predicted octanol–water partition coefficient (Wildman–Crippen LogP) is 0.727. The summed E-state index contributed by atoms with van der Waals surface area (Å²) in [6.07, 6.45) is 1.22. The van der Waals surface area contributed by atoms with E-state index in [0.717, 1.165) is 0 Å². The maximum absolute atomic E-state index is 11.2. The molecular formula is C10H10N4O2. The Labute approximate surface area is 90.9 Å². The molecule has 2 aromatic rings. The third-order valence-electron chi connectivity index (χ3n) is 1.93. The highest BCUT2D eigenvalue weighted by atomic mass is 16.5. The minimum Gasteiger partial charge on any atom is -0.437 e. The number of H-pyrrole nitrogens is 1. The van der Waals surface area contributed by atoms with E-state index < -0.39 is 5.56 Å². The first kappa shape index (κ1) is 10.0. The second-order valence-corrected chi connectivity index (χ2v) is 3.13. The van der Waals surface area contributed by atoms with Gasteiger partial charge in [0.15, 0.2) is 5.69 Å². The van der Waals surface area contributed by atoms with Crippen molar-refractivity contribution < 1.29 is 4.74 Å². The van der Waals surface area contributed by atoms with Crippen molar-refractivity contribution in [2.45, 2.75) is 0 Å². The van der Waals surface area contributed by atoms with Gasteiger partial charge in [-0.25, -0.2) is 4.98 Å². The van der Waals surface area contributed by atoms with Crippen LogP contribution in [-0.4, -0.2) is 9.97 Å². The van der Waals surface area contributed by atoms with Gasteiger partial charge in [-0.15, -0.1) is 0 Å². The minimum atomic E-state index is -0.436. The fraction of sp³-hybridized carbons (Fsp3) is 0. The number of aromatic nitrogens is 2. The van der Waals surface area contributed by atoms with Gasteiger partial charge in [0.1, 0.15) is 5.75 Å². The first-order valence-corrected chi connectivity index (χ1v) is 4.53. The maximum Gasteiger partial charge on any atom is 0.277 e. The number of rotatable bonds is 2. The van der Waals surface area contributed by atoms with E-state index >= 15 is 0 Å². The molecule has 5 N–H and O–H groups in total. The van der Waals surface area contributed by atoms with Crippen molar-refractivity contribution in [2.24, 2.45) is 0 Å². The Morgan fingerprint density at radius 3 is 2.88 bits per heavy atom. The molecule has 0 aliphatic heterocycles. The van der Waals surface area contributed by atoms with Gasteiger partial charge >= 0.3 is 0 Å². The van der Waals surface area contributed by atoms with E-state index in [1.807, 2.05) is 0 Å². The largest absolute Gasteiger partial charge is 0.437 e. The van der Waals surface area contributed by atoms with Gasteiger partial charge in [-0.1, -0.05) is 6.07 Å². The molecule has 1 aromatic heterocycles. The van der Waals surface area contributed by atoms with Crippen molar-refractivity contribution in [1.82, 2.24) is 9.97 Å². The number of nitrogen functional groups attached to an aromatic ring is 2. The number of benzene rings is 1. The summed E-state index contributed by atoms with van der Waals surface area (Å²) < 4.78 is 5.33. The van der Waals surface area contributed by atoms with Gasteiger partial charge in [0, 0.05) is 11.8 Å². The van der Waals surface area contributed by atoms with Crippen LogP contribution in [0.5, 0.6) is 11.6 Å². The van der Waals surface area contributed by atoms with Crippen LogP contribution in [0, 0.1) is 0 Å². The highest BCUT2D eigenvalue weighted by molar-refractivity contribution is 5.49. The lowest BCUT2D eigenvalue weighted by Crippen LogP contribution is -2.13. The molecule has 0 atom stereocenters. The molecule has 0 aliphatic rings. The number of hydrogen-bond donors (Lipinski definition) is 3. The molecule has 0 spiro atoms. The van der Waals surface area contributed by atoms with Crippen molar-refractivity contribution in [3.05, 3.63) is 40.9 Å². The highest BCUT2D eigenvalue weighted by Gasteiger charge is 2.06. The lowest BCUT2D eigenvalue weighted by molar-refractivity contribution is 0.463. The van der Waals surface area contributed by atoms with Crippen LogP contribution in [0.3, 0.4) is 0 Å². The Morgan fingerprint density at radius 1 is 1.31 bits per heavy atom. The summed E-state index contributed by atoms with van der Waals surface area (Å²) in [5, 5.41) is 0. The Bertz CT molecular complexity index is 565. The van der Waals surface area contributed by atoms with Gasteiger partial charge in [-0.3, -0.25) is 4.79 Å². The zero-order valence-corrected chi connectivity index (χ0v) is 8.31. The molecule has 16 heavy (non-hydrogen) atoms. The van der Waals surface area contributed by atoms with E-state index in [1.54, 1.807) is 24.3 Å². The summed E-state index contributed by atoms with van der Waals surface area (Å²) in [7, 11) is 0. The summed E-state index contributed by atoms with van der Waals surface area (Å²) in [4.78, 5) is 17.3. The van der Waals surface area contributed by atoms with Crippen molar-refractivity contribution >= 4 is 11.4 Å². The second-order valence-electron chi connectivity index (χ2n) is 3.13. The molecule has 1 heterocycles. The van der Waals surface area contributed by atoms with Crippen LogP contribution in [-0.2, 0) is 0 Å². The number of nitrogens with zero attached hydrogens (tertiary/aromatic N) is 1. The summed E-state index contributed by atoms with van der Waals surface area (Å²) in [6, 6.07) is 6.76. The molecule has 0 fully saturated rings. The Hall–Kier alpha value is -2.50. The van der Waals surface area contributed by atoms with Crippen molar-refractivity contribution in [3.8, 4) is 11.6 Å². The Balaban J connectivity index is 2.34. The van der Waals surface area contributed by atoms with E-state index in [1.165, 1.54) is 6.33 Å². The minimum absolute atomic E-state index is 0.0642. The maximum atomic E-state index is 11.2. The van der Waals surface area contributed by atoms with Gasteiger partial charge in [-0.2, -0.15) is 0 Å². The molecule has 0 bridgehead atoms. The van der Waals surface area contributed by atoms with E-state index in [4.69, 9.17) is 16.2 Å². The van der Waals surface area contributed by atoms with Gasteiger partial charge in [0.25, 0.3) is 5.56 Å². The molecule has 6 nitrogen and oxygen atoms in total. The molecule has 0 unspecified atom stereocenters. The number of aromatic amines is 1. The number of nitrogens with one attached hydrogen (secondary N) is 1. The number of hydrogen-bond acceptors (Lipinski definition) is 5. The van der Waals surface area contributed by atoms with Crippen LogP contribution in [0.2, 0.25) is 0 Å². The molecule has 0 amide bonds. The van der Waals surface area contributed by atoms with Crippen LogP contribution in [0.25, 0.3) is 0 Å².